The van der Waals surface area contributed by atoms with Crippen LogP contribution in [0.3, 0.4) is 0 Å². The van der Waals surface area contributed by atoms with Gasteiger partial charge >= 0.3 is 0 Å². The maximum absolute atomic E-state index is 12.1. The molecule has 1 N–H and O–H groups in total. The zero-order valence-electron chi connectivity index (χ0n) is 13.1. The van der Waals surface area contributed by atoms with Gasteiger partial charge in [-0.25, -0.2) is 4.98 Å². The summed E-state index contributed by atoms with van der Waals surface area (Å²) in [5, 5.41) is 5.35. The zero-order chi connectivity index (χ0) is 15.9. The molecule has 1 atom stereocenters. The molecule has 3 aromatic heterocycles. The molecule has 0 aromatic carbocycles. The van der Waals surface area contributed by atoms with Gasteiger partial charge in [0.2, 0.25) is 0 Å². The molecule has 0 unspecified atom stereocenters. The van der Waals surface area contributed by atoms with Crippen LogP contribution in [0, 0.1) is 20.8 Å². The van der Waals surface area contributed by atoms with Gasteiger partial charge in [0.15, 0.2) is 4.96 Å². The van der Waals surface area contributed by atoms with Gasteiger partial charge in [-0.1, -0.05) is 0 Å². The van der Waals surface area contributed by atoms with Crippen molar-refractivity contribution < 1.29 is 4.42 Å². The Balaban J connectivity index is 1.79. The highest BCUT2D eigenvalue weighted by Crippen LogP contribution is 2.21. The first-order valence-corrected chi connectivity index (χ1v) is 8.11. The SMILES string of the molecule is Cc1cc([C@H](C)NCc2cc(=O)n3c(C)csc3n2)c(C)o1. The van der Waals surface area contributed by atoms with E-state index in [1.165, 1.54) is 11.3 Å². The lowest BCUT2D eigenvalue weighted by molar-refractivity contribution is 0.489. The second-order valence-electron chi connectivity index (χ2n) is 5.55. The Morgan fingerprint density at radius 2 is 2.14 bits per heavy atom. The molecule has 22 heavy (non-hydrogen) atoms. The molecule has 6 heteroatoms. The standard InChI is InChI=1S/C16H19N3O2S/c1-9-8-22-16-18-13(6-15(20)19(9)16)7-17-11(3)14-5-10(2)21-12(14)4/h5-6,8,11,17H,7H2,1-4H3/t11-/m0/s1. The molecule has 3 aromatic rings. The van der Waals surface area contributed by atoms with Crippen LogP contribution in [0.1, 0.15) is 41.4 Å². The van der Waals surface area contributed by atoms with E-state index in [4.69, 9.17) is 4.42 Å². The minimum atomic E-state index is -0.0245. The quantitative estimate of drug-likeness (QED) is 0.803. The monoisotopic (exact) mass is 317 g/mol. The van der Waals surface area contributed by atoms with Crippen LogP contribution in [-0.2, 0) is 6.54 Å². The molecule has 0 saturated heterocycles. The third-order valence-electron chi connectivity index (χ3n) is 3.76. The molecule has 0 bridgehead atoms. The summed E-state index contributed by atoms with van der Waals surface area (Å²) in [4.78, 5) is 17.4. The lowest BCUT2D eigenvalue weighted by Crippen LogP contribution is -2.22. The van der Waals surface area contributed by atoms with E-state index in [1.54, 1.807) is 10.5 Å². The minimum Gasteiger partial charge on any atom is -0.466 e. The van der Waals surface area contributed by atoms with Gasteiger partial charge in [0, 0.05) is 35.3 Å². The average Bonchev–Trinajstić information content (AvgIpc) is 2.99. The number of aryl methyl sites for hydroxylation is 3. The molecular weight excluding hydrogens is 298 g/mol. The molecule has 0 radical (unpaired) electrons. The molecule has 0 aliphatic carbocycles. The number of nitrogens with zero attached hydrogens (tertiary/aromatic N) is 2. The maximum Gasteiger partial charge on any atom is 0.259 e. The summed E-state index contributed by atoms with van der Waals surface area (Å²) in [6, 6.07) is 3.78. The first kappa shape index (κ1) is 15.0. The number of furan rings is 1. The largest absolute Gasteiger partial charge is 0.466 e. The number of nitrogens with one attached hydrogen (secondary N) is 1. The van der Waals surface area contributed by atoms with E-state index in [1.807, 2.05) is 32.2 Å². The Labute approximate surface area is 132 Å². The van der Waals surface area contributed by atoms with E-state index in [2.05, 4.69) is 17.2 Å². The van der Waals surface area contributed by atoms with E-state index in [0.717, 1.165) is 33.4 Å². The lowest BCUT2D eigenvalue weighted by Gasteiger charge is -2.12. The molecule has 0 aliphatic heterocycles. The summed E-state index contributed by atoms with van der Waals surface area (Å²) < 4.78 is 7.20. The van der Waals surface area contributed by atoms with Crippen molar-refractivity contribution in [2.75, 3.05) is 0 Å². The first-order chi connectivity index (χ1) is 10.5. The Morgan fingerprint density at radius 1 is 1.36 bits per heavy atom. The second-order valence-corrected chi connectivity index (χ2v) is 6.39. The van der Waals surface area contributed by atoms with Gasteiger partial charge in [0.05, 0.1) is 5.69 Å². The van der Waals surface area contributed by atoms with E-state index < -0.39 is 0 Å². The molecular formula is C16H19N3O2S. The molecule has 3 rings (SSSR count). The lowest BCUT2D eigenvalue weighted by atomic mass is 10.1. The van der Waals surface area contributed by atoms with Crippen LogP contribution < -0.4 is 10.9 Å². The summed E-state index contributed by atoms with van der Waals surface area (Å²) in [6.45, 7) is 8.45. The van der Waals surface area contributed by atoms with Gasteiger partial charge < -0.3 is 9.73 Å². The highest BCUT2D eigenvalue weighted by atomic mass is 32.1. The number of rotatable bonds is 4. The highest BCUT2D eigenvalue weighted by molar-refractivity contribution is 7.15. The fourth-order valence-corrected chi connectivity index (χ4v) is 3.53. The third kappa shape index (κ3) is 2.71. The fourth-order valence-electron chi connectivity index (χ4n) is 2.64. The van der Waals surface area contributed by atoms with Gasteiger partial charge in [-0.05, 0) is 33.8 Å². The molecule has 0 fully saturated rings. The predicted molar refractivity (Wildman–Crippen MR) is 87.5 cm³/mol. The Kier molecular flexibility index (Phi) is 3.88. The number of hydrogen-bond donors (Lipinski definition) is 1. The summed E-state index contributed by atoms with van der Waals surface area (Å²) in [7, 11) is 0. The summed E-state index contributed by atoms with van der Waals surface area (Å²) in [5.74, 6) is 1.84. The molecule has 0 spiro atoms. The summed E-state index contributed by atoms with van der Waals surface area (Å²) in [5.41, 5.74) is 2.80. The van der Waals surface area contributed by atoms with Crippen LogP contribution in [-0.4, -0.2) is 9.38 Å². The molecule has 116 valence electrons. The minimum absolute atomic E-state index is 0.0245. The van der Waals surface area contributed by atoms with Gasteiger partial charge in [-0.3, -0.25) is 9.20 Å². The van der Waals surface area contributed by atoms with Gasteiger partial charge in [-0.15, -0.1) is 11.3 Å². The highest BCUT2D eigenvalue weighted by Gasteiger charge is 2.13. The third-order valence-corrected chi connectivity index (χ3v) is 4.71. The number of hydrogen-bond acceptors (Lipinski definition) is 5. The van der Waals surface area contributed by atoms with E-state index in [0.29, 0.717) is 6.54 Å². The number of fused-ring (bicyclic) bond motifs is 1. The Bertz CT molecular complexity index is 875. The normalized spacial score (nSPS) is 12.9. The van der Waals surface area contributed by atoms with Crippen molar-refractivity contribution in [1.29, 1.82) is 0 Å². The smallest absolute Gasteiger partial charge is 0.259 e. The topological polar surface area (TPSA) is 59.5 Å². The van der Waals surface area contributed by atoms with E-state index in [-0.39, 0.29) is 11.6 Å². The van der Waals surface area contributed by atoms with Crippen LogP contribution in [0.25, 0.3) is 4.96 Å². The number of thiazole rings is 1. The summed E-state index contributed by atoms with van der Waals surface area (Å²) >= 11 is 1.49. The Morgan fingerprint density at radius 3 is 2.82 bits per heavy atom. The van der Waals surface area contributed by atoms with Crippen molar-refractivity contribution in [3.8, 4) is 0 Å². The van der Waals surface area contributed by atoms with Gasteiger partial charge in [0.1, 0.15) is 11.5 Å². The van der Waals surface area contributed by atoms with Crippen LogP contribution in [0.5, 0.6) is 0 Å². The van der Waals surface area contributed by atoms with Crippen LogP contribution >= 0.6 is 11.3 Å². The predicted octanol–water partition coefficient (Wildman–Crippen LogP) is 3.13. The van der Waals surface area contributed by atoms with Crippen molar-refractivity contribution in [2.24, 2.45) is 0 Å². The Hall–Kier alpha value is -1.92. The maximum atomic E-state index is 12.1. The van der Waals surface area contributed by atoms with Crippen molar-refractivity contribution in [3.63, 3.8) is 0 Å². The zero-order valence-corrected chi connectivity index (χ0v) is 14.0. The van der Waals surface area contributed by atoms with Crippen LogP contribution in [0.2, 0.25) is 0 Å². The van der Waals surface area contributed by atoms with Crippen molar-refractivity contribution in [2.45, 2.75) is 40.3 Å². The van der Waals surface area contributed by atoms with Crippen LogP contribution in [0.15, 0.2) is 26.7 Å². The average molecular weight is 317 g/mol. The molecule has 0 aliphatic rings. The molecule has 0 amide bonds. The summed E-state index contributed by atoms with van der Waals surface area (Å²) in [6.07, 6.45) is 0. The molecule has 0 saturated carbocycles. The van der Waals surface area contributed by atoms with Gasteiger partial charge in [-0.2, -0.15) is 0 Å². The van der Waals surface area contributed by atoms with Crippen molar-refractivity contribution in [1.82, 2.24) is 14.7 Å². The number of aromatic nitrogens is 2. The van der Waals surface area contributed by atoms with Crippen molar-refractivity contribution in [3.05, 3.63) is 56.3 Å². The second kappa shape index (κ2) is 5.70. The van der Waals surface area contributed by atoms with Gasteiger partial charge in [0.25, 0.3) is 5.56 Å². The molecule has 5 nitrogen and oxygen atoms in total. The van der Waals surface area contributed by atoms with Crippen LogP contribution in [0.4, 0.5) is 0 Å². The first-order valence-electron chi connectivity index (χ1n) is 7.23. The van der Waals surface area contributed by atoms with Crippen molar-refractivity contribution >= 4 is 16.3 Å². The molecule has 3 heterocycles. The van der Waals surface area contributed by atoms with E-state index >= 15 is 0 Å². The fraction of sp³-hybridized carbons (Fsp3) is 0.375. The van der Waals surface area contributed by atoms with E-state index in [9.17, 15) is 4.79 Å².